The van der Waals surface area contributed by atoms with Gasteiger partial charge in [-0.3, -0.25) is 4.79 Å². The van der Waals surface area contributed by atoms with Crippen LogP contribution in [0, 0.1) is 0 Å². The Morgan fingerprint density at radius 3 is 1.59 bits per heavy atom. The number of benzene rings is 4. The normalized spacial score (nSPS) is 14.8. The molecule has 1 aromatic heterocycles. The number of hydrogen-bond acceptors (Lipinski definition) is 15. The summed E-state index contributed by atoms with van der Waals surface area (Å²) in [4.78, 5) is 36.1. The monoisotopic (exact) mass is 1250 g/mol. The number of H-pyrrole nitrogens is 1. The molecule has 2 amide bonds. The van der Waals surface area contributed by atoms with Crippen LogP contribution in [0.15, 0.2) is 85.1 Å². The van der Waals surface area contributed by atoms with Crippen LogP contribution in [0.1, 0.15) is 219 Å². The number of carbonyl (C=O) groups is 3. The Balaban J connectivity index is 0.000000998. The van der Waals surface area contributed by atoms with Gasteiger partial charge >= 0.3 is 6.03 Å². The number of ketones is 2. The average molecular weight is 1250 g/mol. The first-order valence-electron chi connectivity index (χ1n) is 32.5. The van der Waals surface area contributed by atoms with E-state index in [4.69, 9.17) is 48.5 Å². The maximum Gasteiger partial charge on any atom is 0.315 e. The Bertz CT molecular complexity index is 2570. The van der Waals surface area contributed by atoms with Gasteiger partial charge in [0.05, 0.1) is 24.2 Å². The van der Waals surface area contributed by atoms with Crippen LogP contribution in [0.25, 0.3) is 10.9 Å². The van der Waals surface area contributed by atoms with Gasteiger partial charge in [0.2, 0.25) is 0 Å². The predicted molar refractivity (Wildman–Crippen MR) is 367 cm³/mol. The first-order chi connectivity index (χ1) is 42.2. The van der Waals surface area contributed by atoms with Crippen molar-refractivity contribution in [2.24, 2.45) is 22.9 Å². The summed E-state index contributed by atoms with van der Waals surface area (Å²) in [5, 5.41) is 71.5. The molecule has 4 aromatic carbocycles. The number of unbranched alkanes of at least 4 members (excludes halogenated alkanes) is 12. The maximum absolute atomic E-state index is 11.1. The highest BCUT2D eigenvalue weighted by Gasteiger charge is 2.42. The zero-order valence-electron chi connectivity index (χ0n) is 54.8. The quantitative estimate of drug-likeness (QED) is 0.0126. The molecule has 0 radical (unpaired) electrons. The van der Waals surface area contributed by atoms with Gasteiger partial charge in [0.25, 0.3) is 0 Å². The van der Waals surface area contributed by atoms with Crippen LogP contribution in [0.2, 0.25) is 0 Å². The van der Waals surface area contributed by atoms with Crippen molar-refractivity contribution in [2.75, 3.05) is 25.4 Å². The largest absolute Gasteiger partial charge is 0.504 e. The van der Waals surface area contributed by atoms with Crippen molar-refractivity contribution in [3.05, 3.63) is 107 Å². The first kappa shape index (κ1) is 82.0. The number of amides is 2. The number of Topliss-reactive ketones (excluding diaryl/α,β-unsaturated/α-hetero) is 2. The molecule has 2 fully saturated rings. The number of rotatable bonds is 28. The minimum Gasteiger partial charge on any atom is -0.504 e. The highest BCUT2D eigenvalue weighted by molar-refractivity contribution is 8.00. The number of aromatic hydroxyl groups is 6. The van der Waals surface area contributed by atoms with Crippen LogP contribution in [0.5, 0.6) is 34.5 Å². The fourth-order valence-corrected chi connectivity index (χ4v) is 10.7. The molecule has 0 spiro atoms. The molecule has 17 nitrogen and oxygen atoms in total. The van der Waals surface area contributed by atoms with E-state index >= 15 is 0 Å². The third-order valence-electron chi connectivity index (χ3n) is 14.4. The molecule has 2 aliphatic rings. The SMILES string of the molecule is CC(=O)CCCC[C@@H]1SC[C@@H]2NC(=O)N[C@@H]21.CC(=O)[C@@H](N)Cc1ccc(O)c(O)c1.CCCCCCCCCN.CCCCCCN.CCCCCN.CCCc1c[nH]c2ccccc12.CCCc1ccc(O)c(O)c1.CC[C@H](O)c1ccc(O)c(O)c1. The lowest BCUT2D eigenvalue weighted by Crippen LogP contribution is -2.36. The van der Waals surface area contributed by atoms with Gasteiger partial charge in [-0.2, -0.15) is 11.8 Å². The second-order valence-electron chi connectivity index (χ2n) is 22.4. The van der Waals surface area contributed by atoms with E-state index in [9.17, 15) is 24.6 Å². The number of phenolic OH excluding ortho intramolecular Hbond substituents is 6. The van der Waals surface area contributed by atoms with Crippen molar-refractivity contribution in [3.63, 3.8) is 0 Å². The molecule has 18 N–H and O–H groups in total. The molecule has 5 aromatic rings. The van der Waals surface area contributed by atoms with E-state index < -0.39 is 12.1 Å². The molecule has 88 heavy (non-hydrogen) atoms. The highest BCUT2D eigenvalue weighted by atomic mass is 32.2. The molecule has 0 bridgehead atoms. The summed E-state index contributed by atoms with van der Waals surface area (Å²) in [7, 11) is 0. The number of nitrogens with two attached hydrogens (primary N) is 4. The summed E-state index contributed by atoms with van der Waals surface area (Å²) in [6, 6.07) is 22.1. The van der Waals surface area contributed by atoms with E-state index in [0.717, 1.165) is 68.6 Å². The number of hydrogen-bond donors (Lipinski definition) is 14. The molecule has 5 atom stereocenters. The van der Waals surface area contributed by atoms with Crippen LogP contribution < -0.4 is 33.6 Å². The predicted octanol–water partition coefficient (Wildman–Crippen LogP) is 13.9. The molecule has 2 aliphatic heterocycles. The van der Waals surface area contributed by atoms with Gasteiger partial charge < -0.3 is 79.1 Å². The van der Waals surface area contributed by atoms with Crippen LogP contribution in [0.3, 0.4) is 0 Å². The van der Waals surface area contributed by atoms with Gasteiger partial charge in [-0.1, -0.05) is 168 Å². The standard InChI is InChI=1S/C11H18N2O2S.C11H13N.C10H13NO3.C9H21N.C9H12O3.C9H12O2.C6H15N.C5H13N/c1-7(14)4-2-3-5-9-10-8(6-16-9)12-11(15)13-10;1-2-5-9-8-12-11-7-4-3-6-10(9)11;1-6(12)8(11)4-7-2-3-9(13)10(14)5-7;1-2-3-4-5-6-7-8-9-10;1-2-7(10)6-3-4-8(11)9(12)5-6;1-2-3-7-4-5-8(10)9(11)6-7;1-2-3-4-5-6-7;1-2-3-4-5-6/h8-10H,2-6H2,1H3,(H2,12,13,15);3-4,6-8,12H,2,5H2,1H3;2-3,5,8,13-14H,4,11H2,1H3;2-10H2,1H3;3-5,7,10-12H,2H2,1H3;4-6,10-11H,2-3H2,1H3;2-7H2,1H3;2-6H2,1H3/t8-,9-,10-;;8-;;7-;;;/m0.0.0.../s1. The number of carbonyl (C=O) groups excluding carboxylic acids is 3. The lowest BCUT2D eigenvalue weighted by molar-refractivity contribution is -0.118. The van der Waals surface area contributed by atoms with E-state index in [1.165, 1.54) is 156 Å². The third-order valence-corrected chi connectivity index (χ3v) is 15.9. The number of aliphatic hydroxyl groups excluding tert-OH is 1. The van der Waals surface area contributed by atoms with E-state index in [2.05, 4.69) is 80.7 Å². The lowest BCUT2D eigenvalue weighted by Gasteiger charge is -2.16. The smallest absolute Gasteiger partial charge is 0.315 e. The van der Waals surface area contributed by atoms with Crippen molar-refractivity contribution < 1.29 is 50.1 Å². The van der Waals surface area contributed by atoms with E-state index in [1.54, 1.807) is 25.1 Å². The summed E-state index contributed by atoms with van der Waals surface area (Å²) in [6.45, 7) is 18.4. The Morgan fingerprint density at radius 2 is 1.08 bits per heavy atom. The molecule has 2 saturated heterocycles. The highest BCUT2D eigenvalue weighted by Crippen LogP contribution is 2.34. The number of aliphatic hydroxyl groups is 1. The number of para-hydroxylation sites is 1. The number of phenols is 6. The van der Waals surface area contributed by atoms with Crippen molar-refractivity contribution in [3.8, 4) is 34.5 Å². The minimum absolute atomic E-state index is 0.0240. The van der Waals surface area contributed by atoms with Crippen molar-refractivity contribution in [1.29, 1.82) is 0 Å². The second kappa shape index (κ2) is 51.8. The minimum atomic E-state index is -0.573. The van der Waals surface area contributed by atoms with Crippen LogP contribution >= 0.6 is 11.8 Å². The van der Waals surface area contributed by atoms with E-state index in [0.29, 0.717) is 42.2 Å². The van der Waals surface area contributed by atoms with Gasteiger partial charge in [-0.15, -0.1) is 0 Å². The maximum atomic E-state index is 11.1. The molecule has 498 valence electrons. The van der Waals surface area contributed by atoms with Gasteiger partial charge in [-0.05, 0) is 156 Å². The molecular weight excluding hydrogens is 1130 g/mol. The van der Waals surface area contributed by atoms with Crippen LogP contribution in [0.4, 0.5) is 4.79 Å². The number of aryl methyl sites for hydroxylation is 2. The number of aromatic amines is 1. The van der Waals surface area contributed by atoms with Crippen LogP contribution in [-0.2, 0) is 28.9 Å². The molecule has 18 heteroatoms. The number of urea groups is 1. The lowest BCUT2D eigenvalue weighted by atomic mass is 10.0. The van der Waals surface area contributed by atoms with Crippen molar-refractivity contribution >= 4 is 40.3 Å². The van der Waals surface area contributed by atoms with Gasteiger partial charge in [0.1, 0.15) is 11.6 Å². The van der Waals surface area contributed by atoms with E-state index in [-0.39, 0.29) is 52.1 Å². The first-order valence-corrected chi connectivity index (χ1v) is 33.6. The van der Waals surface area contributed by atoms with Gasteiger partial charge in [0, 0.05) is 34.5 Å². The molecular formula is C70H117N7O10S. The fourth-order valence-electron chi connectivity index (χ4n) is 9.13. The van der Waals surface area contributed by atoms with Gasteiger partial charge in [0.15, 0.2) is 34.5 Å². The Morgan fingerprint density at radius 1 is 0.580 bits per heavy atom. The Kier molecular flexibility index (Phi) is 48.3. The zero-order valence-corrected chi connectivity index (χ0v) is 55.7. The summed E-state index contributed by atoms with van der Waals surface area (Å²) in [5.41, 5.74) is 26.5. The number of nitrogens with one attached hydrogen (secondary N) is 3. The van der Waals surface area contributed by atoms with Crippen molar-refractivity contribution in [1.82, 2.24) is 15.6 Å². The molecule has 0 saturated carbocycles. The number of fused-ring (bicyclic) bond motifs is 2. The molecule has 0 unspecified atom stereocenters. The summed E-state index contributed by atoms with van der Waals surface area (Å²) >= 11 is 1.93. The average Bonchev–Trinajstić information content (AvgIpc) is 4.37. The number of aromatic nitrogens is 1. The number of thioether (sulfide) groups is 1. The molecule has 3 heterocycles. The summed E-state index contributed by atoms with van der Waals surface area (Å²) in [6.07, 6.45) is 29.1. The van der Waals surface area contributed by atoms with E-state index in [1.807, 2.05) is 24.8 Å². The third kappa shape index (κ3) is 37.7. The van der Waals surface area contributed by atoms with Crippen LogP contribution in [-0.4, -0.2) is 107 Å². The zero-order chi connectivity index (χ0) is 66.1. The fraction of sp³-hybridized carbons (Fsp3) is 0.586. The topological polar surface area (TPSA) is 337 Å². The molecule has 0 aliphatic carbocycles. The van der Waals surface area contributed by atoms with Crippen molar-refractivity contribution in [2.45, 2.75) is 239 Å². The summed E-state index contributed by atoms with van der Waals surface area (Å²) in [5.74, 6) is 0.373. The summed E-state index contributed by atoms with van der Waals surface area (Å²) < 4.78 is 0. The Hall–Kier alpha value is -6.02. The second-order valence-corrected chi connectivity index (χ2v) is 23.7. The Labute approximate surface area is 532 Å². The molecule has 7 rings (SSSR count). The van der Waals surface area contributed by atoms with Gasteiger partial charge in [-0.25, -0.2) is 4.79 Å².